The number of Topliss-reactive ketones (excluding diaryl/α,β-unsaturated/α-hetero) is 1. The zero-order valence-corrected chi connectivity index (χ0v) is 10.8. The highest BCUT2D eigenvalue weighted by Gasteiger charge is 2.25. The molecule has 1 aromatic carbocycles. The number of nitrogens with one attached hydrogen (secondary N) is 1. The van der Waals surface area contributed by atoms with Crippen molar-refractivity contribution in [3.63, 3.8) is 0 Å². The molecular formula is C14H19NO2. The molecule has 0 atom stereocenters. The van der Waals surface area contributed by atoms with Crippen LogP contribution in [0.15, 0.2) is 24.3 Å². The van der Waals surface area contributed by atoms with E-state index in [2.05, 4.69) is 5.32 Å². The monoisotopic (exact) mass is 233 g/mol. The lowest BCUT2D eigenvalue weighted by atomic mass is 9.89. The van der Waals surface area contributed by atoms with Crippen molar-refractivity contribution in [3.05, 3.63) is 29.8 Å². The Balaban J connectivity index is 2.97. The minimum Gasteiger partial charge on any atom is -0.325 e. The first-order valence-corrected chi connectivity index (χ1v) is 5.80. The summed E-state index contributed by atoms with van der Waals surface area (Å²) in [6.07, 6.45) is 0.751. The van der Waals surface area contributed by atoms with Gasteiger partial charge in [0.25, 0.3) is 0 Å². The van der Waals surface area contributed by atoms with E-state index in [0.717, 1.165) is 6.42 Å². The highest BCUT2D eigenvalue weighted by molar-refractivity contribution is 6.04. The van der Waals surface area contributed by atoms with Gasteiger partial charge in [-0.25, -0.2) is 0 Å². The largest absolute Gasteiger partial charge is 0.325 e. The Bertz CT molecular complexity index is 436. The van der Waals surface area contributed by atoms with Crippen LogP contribution in [-0.4, -0.2) is 11.7 Å². The van der Waals surface area contributed by atoms with Gasteiger partial charge in [0, 0.05) is 11.0 Å². The first-order valence-electron chi connectivity index (χ1n) is 5.80. The molecule has 0 aromatic heterocycles. The summed E-state index contributed by atoms with van der Waals surface area (Å²) in [6.45, 7) is 7.24. The minimum absolute atomic E-state index is 0.0461. The lowest BCUT2D eigenvalue weighted by Crippen LogP contribution is -2.30. The van der Waals surface area contributed by atoms with E-state index in [-0.39, 0.29) is 11.7 Å². The standard InChI is InChI=1S/C14H19NO2/c1-5-14(3,4)13(17)15-12-9-7-6-8-11(12)10(2)16/h6-9H,5H2,1-4H3,(H,15,17). The van der Waals surface area contributed by atoms with Crippen LogP contribution < -0.4 is 5.32 Å². The SMILES string of the molecule is CCC(C)(C)C(=O)Nc1ccccc1C(C)=O. The summed E-state index contributed by atoms with van der Waals surface area (Å²) in [4.78, 5) is 23.4. The van der Waals surface area contributed by atoms with Crippen LogP contribution in [0.2, 0.25) is 0 Å². The fourth-order valence-electron chi connectivity index (χ4n) is 1.35. The van der Waals surface area contributed by atoms with E-state index in [0.29, 0.717) is 11.3 Å². The Hall–Kier alpha value is -1.64. The van der Waals surface area contributed by atoms with Gasteiger partial charge in [-0.1, -0.05) is 32.9 Å². The number of para-hydroxylation sites is 1. The lowest BCUT2D eigenvalue weighted by molar-refractivity contribution is -0.124. The Kier molecular flexibility index (Phi) is 4.05. The second-order valence-electron chi connectivity index (χ2n) is 4.79. The number of ketones is 1. The lowest BCUT2D eigenvalue weighted by Gasteiger charge is -2.22. The van der Waals surface area contributed by atoms with Crippen LogP contribution in [-0.2, 0) is 4.79 Å². The highest BCUT2D eigenvalue weighted by Crippen LogP contribution is 2.24. The van der Waals surface area contributed by atoms with E-state index in [4.69, 9.17) is 0 Å². The predicted octanol–water partition coefficient (Wildman–Crippen LogP) is 3.26. The average Bonchev–Trinajstić information content (AvgIpc) is 2.29. The van der Waals surface area contributed by atoms with Gasteiger partial charge < -0.3 is 5.32 Å². The molecule has 1 N–H and O–H groups in total. The molecule has 0 bridgehead atoms. The van der Waals surface area contributed by atoms with Gasteiger partial charge in [-0.3, -0.25) is 9.59 Å². The van der Waals surface area contributed by atoms with E-state index in [1.807, 2.05) is 20.8 Å². The summed E-state index contributed by atoms with van der Waals surface area (Å²) in [7, 11) is 0. The number of carbonyl (C=O) groups excluding carboxylic acids is 2. The zero-order chi connectivity index (χ0) is 13.1. The van der Waals surface area contributed by atoms with Gasteiger partial charge in [-0.15, -0.1) is 0 Å². The van der Waals surface area contributed by atoms with Gasteiger partial charge in [0.1, 0.15) is 0 Å². The van der Waals surface area contributed by atoms with Crippen molar-refractivity contribution in [2.75, 3.05) is 5.32 Å². The Morgan fingerprint density at radius 1 is 1.24 bits per heavy atom. The smallest absolute Gasteiger partial charge is 0.230 e. The van der Waals surface area contributed by atoms with Crippen LogP contribution in [0.25, 0.3) is 0 Å². The summed E-state index contributed by atoms with van der Waals surface area (Å²) in [5.41, 5.74) is 0.712. The van der Waals surface area contributed by atoms with E-state index in [1.54, 1.807) is 24.3 Å². The third kappa shape index (κ3) is 3.16. The third-order valence-corrected chi connectivity index (χ3v) is 3.05. The second-order valence-corrected chi connectivity index (χ2v) is 4.79. The van der Waals surface area contributed by atoms with Crippen LogP contribution in [0, 0.1) is 5.41 Å². The van der Waals surface area contributed by atoms with Gasteiger partial charge in [-0.2, -0.15) is 0 Å². The van der Waals surface area contributed by atoms with Crippen LogP contribution in [0.1, 0.15) is 44.5 Å². The number of hydrogen-bond donors (Lipinski definition) is 1. The van der Waals surface area contributed by atoms with Gasteiger partial charge in [0.05, 0.1) is 5.69 Å². The first-order chi connectivity index (χ1) is 7.88. The molecule has 0 saturated heterocycles. The Morgan fingerprint density at radius 2 is 1.82 bits per heavy atom. The summed E-state index contributed by atoms with van der Waals surface area (Å²) in [6, 6.07) is 7.07. The summed E-state index contributed by atoms with van der Waals surface area (Å²) in [5.74, 6) is -0.107. The number of hydrogen-bond acceptors (Lipinski definition) is 2. The maximum Gasteiger partial charge on any atom is 0.230 e. The Morgan fingerprint density at radius 3 is 2.35 bits per heavy atom. The molecule has 1 aromatic rings. The summed E-state index contributed by atoms with van der Waals surface area (Å²) >= 11 is 0. The molecule has 0 aliphatic heterocycles. The van der Waals surface area contributed by atoms with Gasteiger partial charge in [0.2, 0.25) is 5.91 Å². The summed E-state index contributed by atoms with van der Waals surface area (Å²) < 4.78 is 0. The molecule has 0 spiro atoms. The average molecular weight is 233 g/mol. The number of carbonyl (C=O) groups is 2. The topological polar surface area (TPSA) is 46.2 Å². The van der Waals surface area contributed by atoms with Crippen LogP contribution in [0.3, 0.4) is 0 Å². The Labute approximate surface area is 102 Å². The minimum atomic E-state index is -0.427. The maximum atomic E-state index is 12.0. The molecule has 0 aliphatic carbocycles. The second kappa shape index (κ2) is 5.13. The van der Waals surface area contributed by atoms with Gasteiger partial charge >= 0.3 is 0 Å². The molecule has 0 radical (unpaired) electrons. The molecule has 0 heterocycles. The number of rotatable bonds is 4. The first kappa shape index (κ1) is 13.4. The van der Waals surface area contributed by atoms with Gasteiger partial charge in [0.15, 0.2) is 5.78 Å². The van der Waals surface area contributed by atoms with Crippen molar-refractivity contribution >= 4 is 17.4 Å². The molecule has 92 valence electrons. The molecule has 1 amide bonds. The molecule has 0 fully saturated rings. The van der Waals surface area contributed by atoms with Crippen molar-refractivity contribution in [2.45, 2.75) is 34.1 Å². The van der Waals surface area contributed by atoms with Gasteiger partial charge in [-0.05, 0) is 25.5 Å². The fourth-order valence-corrected chi connectivity index (χ4v) is 1.35. The predicted molar refractivity (Wildman–Crippen MR) is 69.1 cm³/mol. The number of amides is 1. The van der Waals surface area contributed by atoms with Crippen molar-refractivity contribution < 1.29 is 9.59 Å². The van der Waals surface area contributed by atoms with Crippen molar-refractivity contribution in [1.29, 1.82) is 0 Å². The van der Waals surface area contributed by atoms with Crippen molar-refractivity contribution in [1.82, 2.24) is 0 Å². The van der Waals surface area contributed by atoms with Crippen molar-refractivity contribution in [2.24, 2.45) is 5.41 Å². The molecule has 17 heavy (non-hydrogen) atoms. The normalized spacial score (nSPS) is 11.1. The molecular weight excluding hydrogens is 214 g/mol. The maximum absolute atomic E-state index is 12.0. The van der Waals surface area contributed by atoms with E-state index >= 15 is 0 Å². The molecule has 0 aliphatic rings. The number of benzene rings is 1. The fraction of sp³-hybridized carbons (Fsp3) is 0.429. The quantitative estimate of drug-likeness (QED) is 0.811. The molecule has 3 heteroatoms. The molecule has 0 unspecified atom stereocenters. The molecule has 3 nitrogen and oxygen atoms in total. The summed E-state index contributed by atoms with van der Waals surface area (Å²) in [5, 5.41) is 2.82. The van der Waals surface area contributed by atoms with E-state index < -0.39 is 5.41 Å². The third-order valence-electron chi connectivity index (χ3n) is 3.05. The molecule has 1 rings (SSSR count). The number of anilines is 1. The van der Waals surface area contributed by atoms with Crippen LogP contribution >= 0.6 is 0 Å². The van der Waals surface area contributed by atoms with Crippen LogP contribution in [0.5, 0.6) is 0 Å². The highest BCUT2D eigenvalue weighted by atomic mass is 16.2. The molecule has 0 saturated carbocycles. The van der Waals surface area contributed by atoms with E-state index in [9.17, 15) is 9.59 Å². The van der Waals surface area contributed by atoms with E-state index in [1.165, 1.54) is 6.92 Å². The zero-order valence-electron chi connectivity index (χ0n) is 10.8. The van der Waals surface area contributed by atoms with Crippen LogP contribution in [0.4, 0.5) is 5.69 Å². The van der Waals surface area contributed by atoms with Crippen molar-refractivity contribution in [3.8, 4) is 0 Å².